The van der Waals surface area contributed by atoms with Crippen molar-refractivity contribution in [3.8, 4) is 11.5 Å². The van der Waals surface area contributed by atoms with Crippen LogP contribution in [0.4, 0.5) is 4.39 Å². The molecule has 0 aliphatic carbocycles. The molecule has 0 spiro atoms. The maximum Gasteiger partial charge on any atom is 0.341 e. The molecule has 6 nitrogen and oxygen atoms in total. The molecule has 2 N–H and O–H groups in total. The summed E-state index contributed by atoms with van der Waals surface area (Å²) >= 11 is 0. The van der Waals surface area contributed by atoms with Gasteiger partial charge in [0.25, 0.3) is 5.91 Å². The molecule has 0 saturated heterocycles. The topological polar surface area (TPSA) is 84.9 Å². The van der Waals surface area contributed by atoms with E-state index in [2.05, 4.69) is 5.32 Å². The van der Waals surface area contributed by atoms with Crippen molar-refractivity contribution >= 4 is 11.9 Å². The first-order chi connectivity index (χ1) is 12.5. The van der Waals surface area contributed by atoms with Gasteiger partial charge in [-0.25, -0.2) is 9.18 Å². The fourth-order valence-electron chi connectivity index (χ4n) is 2.16. The number of aliphatic carboxylic acids is 1. The van der Waals surface area contributed by atoms with E-state index in [-0.39, 0.29) is 11.7 Å². The van der Waals surface area contributed by atoms with Crippen LogP contribution >= 0.6 is 0 Å². The van der Waals surface area contributed by atoms with Crippen LogP contribution in [0.1, 0.15) is 12.5 Å². The van der Waals surface area contributed by atoms with Crippen molar-refractivity contribution in [2.24, 2.45) is 0 Å². The Morgan fingerprint density at radius 3 is 2.50 bits per heavy atom. The third kappa shape index (κ3) is 6.08. The van der Waals surface area contributed by atoms with Crippen LogP contribution in [0.2, 0.25) is 0 Å². The van der Waals surface area contributed by atoms with E-state index in [0.717, 1.165) is 5.56 Å². The lowest BCUT2D eigenvalue weighted by Crippen LogP contribution is -2.37. The lowest BCUT2D eigenvalue weighted by molar-refractivity contribution is -0.139. The summed E-state index contributed by atoms with van der Waals surface area (Å²) in [5.41, 5.74) is 0.954. The van der Waals surface area contributed by atoms with Crippen LogP contribution in [0.25, 0.3) is 0 Å². The molecule has 0 bridgehead atoms. The second kappa shape index (κ2) is 9.41. The SMILES string of the molecule is CC(Oc1ccccc1F)C(=O)NCCc1ccc(OCC(=O)O)cc1. The average molecular weight is 361 g/mol. The first kappa shape index (κ1) is 19.2. The summed E-state index contributed by atoms with van der Waals surface area (Å²) in [7, 11) is 0. The van der Waals surface area contributed by atoms with Crippen molar-refractivity contribution in [1.29, 1.82) is 0 Å². The van der Waals surface area contributed by atoms with Gasteiger partial charge in [-0.3, -0.25) is 4.79 Å². The molecular weight excluding hydrogens is 341 g/mol. The molecule has 7 heteroatoms. The quantitative estimate of drug-likeness (QED) is 0.716. The molecule has 0 aliphatic rings. The number of para-hydroxylation sites is 1. The predicted molar refractivity (Wildman–Crippen MR) is 92.8 cm³/mol. The Kier molecular flexibility index (Phi) is 6.96. The minimum Gasteiger partial charge on any atom is -0.482 e. The molecule has 2 aromatic carbocycles. The van der Waals surface area contributed by atoms with E-state index < -0.39 is 24.5 Å². The van der Waals surface area contributed by atoms with Gasteiger partial charge < -0.3 is 19.9 Å². The summed E-state index contributed by atoms with van der Waals surface area (Å²) in [6.07, 6.45) is -0.240. The number of ether oxygens (including phenoxy) is 2. The van der Waals surface area contributed by atoms with E-state index in [1.807, 2.05) is 0 Å². The van der Waals surface area contributed by atoms with Crippen LogP contribution in [0.5, 0.6) is 11.5 Å². The molecule has 0 aliphatic heterocycles. The van der Waals surface area contributed by atoms with E-state index in [9.17, 15) is 14.0 Å². The van der Waals surface area contributed by atoms with Crippen molar-refractivity contribution in [3.63, 3.8) is 0 Å². The van der Waals surface area contributed by atoms with Crippen LogP contribution in [0, 0.1) is 5.82 Å². The number of nitrogens with one attached hydrogen (secondary N) is 1. The fraction of sp³-hybridized carbons (Fsp3) is 0.263. The summed E-state index contributed by atoms with van der Waals surface area (Å²) in [6.45, 7) is 1.55. The third-order valence-corrected chi connectivity index (χ3v) is 3.51. The van der Waals surface area contributed by atoms with Crippen molar-refractivity contribution in [2.75, 3.05) is 13.2 Å². The van der Waals surface area contributed by atoms with Crippen molar-refractivity contribution in [1.82, 2.24) is 5.32 Å². The maximum absolute atomic E-state index is 13.5. The number of carboxylic acids is 1. The predicted octanol–water partition coefficient (Wildman–Crippen LogP) is 2.42. The number of hydrogen-bond donors (Lipinski definition) is 2. The van der Waals surface area contributed by atoms with Gasteiger partial charge in [0.15, 0.2) is 24.3 Å². The number of rotatable bonds is 9. The van der Waals surface area contributed by atoms with Crippen molar-refractivity contribution in [2.45, 2.75) is 19.4 Å². The van der Waals surface area contributed by atoms with Gasteiger partial charge in [-0.1, -0.05) is 24.3 Å². The Morgan fingerprint density at radius 1 is 1.15 bits per heavy atom. The van der Waals surface area contributed by atoms with E-state index in [4.69, 9.17) is 14.6 Å². The molecule has 26 heavy (non-hydrogen) atoms. The highest BCUT2D eigenvalue weighted by Crippen LogP contribution is 2.17. The molecule has 2 rings (SSSR count). The number of halogens is 1. The Hall–Kier alpha value is -3.09. The zero-order chi connectivity index (χ0) is 18.9. The lowest BCUT2D eigenvalue weighted by atomic mass is 10.1. The summed E-state index contributed by atoms with van der Waals surface area (Å²) < 4.78 is 23.9. The van der Waals surface area contributed by atoms with Gasteiger partial charge >= 0.3 is 5.97 Å². The van der Waals surface area contributed by atoms with E-state index >= 15 is 0 Å². The molecule has 0 saturated carbocycles. The van der Waals surface area contributed by atoms with Gasteiger partial charge in [-0.15, -0.1) is 0 Å². The number of benzene rings is 2. The maximum atomic E-state index is 13.5. The number of carbonyl (C=O) groups is 2. The van der Waals surface area contributed by atoms with Gasteiger partial charge in [-0.05, 0) is 43.2 Å². The van der Waals surface area contributed by atoms with E-state index in [1.54, 1.807) is 43.3 Å². The fourth-order valence-corrected chi connectivity index (χ4v) is 2.16. The Morgan fingerprint density at radius 2 is 1.85 bits per heavy atom. The highest BCUT2D eigenvalue weighted by Gasteiger charge is 2.15. The van der Waals surface area contributed by atoms with Crippen LogP contribution in [0.15, 0.2) is 48.5 Å². The second-order valence-corrected chi connectivity index (χ2v) is 5.56. The summed E-state index contributed by atoms with van der Waals surface area (Å²) in [4.78, 5) is 22.5. The standard InChI is InChI=1S/C19H20FNO5/c1-13(26-17-5-3-2-4-16(17)20)19(24)21-11-10-14-6-8-15(9-7-14)25-12-18(22)23/h2-9,13H,10-12H2,1H3,(H,21,24)(H,22,23). The Labute approximate surface area is 150 Å². The number of carbonyl (C=O) groups excluding carboxylic acids is 1. The monoisotopic (exact) mass is 361 g/mol. The zero-order valence-electron chi connectivity index (χ0n) is 14.3. The van der Waals surface area contributed by atoms with Crippen LogP contribution in [-0.4, -0.2) is 36.2 Å². The molecule has 1 amide bonds. The van der Waals surface area contributed by atoms with Gasteiger partial charge in [0.1, 0.15) is 5.75 Å². The van der Waals surface area contributed by atoms with Crippen molar-refractivity contribution in [3.05, 3.63) is 59.9 Å². The molecular formula is C19H20FNO5. The smallest absolute Gasteiger partial charge is 0.341 e. The first-order valence-electron chi connectivity index (χ1n) is 8.08. The highest BCUT2D eigenvalue weighted by atomic mass is 19.1. The van der Waals surface area contributed by atoms with E-state index in [0.29, 0.717) is 18.7 Å². The molecule has 2 aromatic rings. The normalized spacial score (nSPS) is 11.5. The summed E-state index contributed by atoms with van der Waals surface area (Å²) in [6, 6.07) is 12.8. The minimum atomic E-state index is -1.04. The number of amides is 1. The first-order valence-corrected chi connectivity index (χ1v) is 8.08. The third-order valence-electron chi connectivity index (χ3n) is 3.51. The van der Waals surface area contributed by atoms with Gasteiger partial charge in [0.05, 0.1) is 0 Å². The minimum absolute atomic E-state index is 0.0344. The van der Waals surface area contributed by atoms with Gasteiger partial charge in [0.2, 0.25) is 0 Å². The molecule has 138 valence electrons. The number of carboxylic acid groups (broad SMARTS) is 1. The molecule has 1 atom stereocenters. The average Bonchev–Trinajstić information content (AvgIpc) is 2.62. The molecule has 0 fully saturated rings. The van der Waals surface area contributed by atoms with Crippen molar-refractivity contribution < 1.29 is 28.6 Å². The van der Waals surface area contributed by atoms with Gasteiger partial charge in [-0.2, -0.15) is 0 Å². The lowest BCUT2D eigenvalue weighted by Gasteiger charge is -2.15. The van der Waals surface area contributed by atoms with Gasteiger partial charge in [0, 0.05) is 6.54 Å². The highest BCUT2D eigenvalue weighted by molar-refractivity contribution is 5.80. The molecule has 0 aromatic heterocycles. The van der Waals surface area contributed by atoms with Crippen LogP contribution in [-0.2, 0) is 16.0 Å². The zero-order valence-corrected chi connectivity index (χ0v) is 14.3. The van der Waals surface area contributed by atoms with Crippen LogP contribution in [0.3, 0.4) is 0 Å². The Bertz CT molecular complexity index is 748. The second-order valence-electron chi connectivity index (χ2n) is 5.56. The van der Waals surface area contributed by atoms with Crippen LogP contribution < -0.4 is 14.8 Å². The molecule has 0 heterocycles. The summed E-state index contributed by atoms with van der Waals surface area (Å²) in [5.74, 6) is -1.39. The largest absolute Gasteiger partial charge is 0.482 e. The molecule has 0 radical (unpaired) electrons. The molecule has 1 unspecified atom stereocenters. The number of hydrogen-bond acceptors (Lipinski definition) is 4. The van der Waals surface area contributed by atoms with E-state index in [1.165, 1.54) is 12.1 Å². The Balaban J connectivity index is 1.75. The summed E-state index contributed by atoms with van der Waals surface area (Å²) in [5, 5.41) is 11.3.